The molecule has 0 bridgehead atoms. The molecule has 0 aliphatic heterocycles. The quantitative estimate of drug-likeness (QED) is 0.436. The molecule has 0 aliphatic rings. The van der Waals surface area contributed by atoms with Crippen molar-refractivity contribution < 1.29 is 19.7 Å². The van der Waals surface area contributed by atoms with Gasteiger partial charge in [-0.05, 0) is 6.92 Å². The average molecular weight is 149 g/mol. The van der Waals surface area contributed by atoms with E-state index in [-0.39, 0.29) is 0 Å². The van der Waals surface area contributed by atoms with Crippen LogP contribution in [0.25, 0.3) is 0 Å². The first-order chi connectivity index (χ1) is 4.41. The van der Waals surface area contributed by atoms with E-state index in [9.17, 15) is 4.79 Å². The van der Waals surface area contributed by atoms with E-state index in [1.807, 2.05) is 0 Å². The number of carboxylic acid groups (broad SMARTS) is 1. The smallest absolute Gasteiger partial charge is 0.326 e. The fourth-order valence-electron chi connectivity index (χ4n) is 0.356. The van der Waals surface area contributed by atoms with Crippen molar-refractivity contribution in [2.45, 2.75) is 18.8 Å². The Morgan fingerprint density at radius 2 is 2.20 bits per heavy atom. The molecule has 0 aromatic heterocycles. The number of nitrogens with two attached hydrogens (primary N) is 1. The van der Waals surface area contributed by atoms with Crippen LogP contribution in [0.1, 0.15) is 6.92 Å². The van der Waals surface area contributed by atoms with Crippen LogP contribution < -0.4 is 5.73 Å². The second-order valence-electron chi connectivity index (χ2n) is 2.07. The van der Waals surface area contributed by atoms with Crippen LogP contribution in [0.4, 0.5) is 0 Å². The van der Waals surface area contributed by atoms with Gasteiger partial charge in [-0.3, -0.25) is 4.79 Å². The Kier molecular flexibility index (Phi) is 2.77. The normalized spacial score (nSPS) is 19.6. The lowest BCUT2D eigenvalue weighted by Gasteiger charge is -2.24. The molecular weight excluding hydrogens is 138 g/mol. The highest BCUT2D eigenvalue weighted by molar-refractivity contribution is 5.74. The number of aliphatic hydroxyl groups is 1. The van der Waals surface area contributed by atoms with Gasteiger partial charge in [0, 0.05) is 7.11 Å². The van der Waals surface area contributed by atoms with E-state index in [2.05, 4.69) is 4.74 Å². The monoisotopic (exact) mass is 149 g/mol. The molecule has 5 nitrogen and oxygen atoms in total. The number of carbonyl (C=O) groups is 1. The molecule has 0 amide bonds. The first kappa shape index (κ1) is 9.35. The molecule has 0 saturated carbocycles. The van der Waals surface area contributed by atoms with Crippen LogP contribution in [-0.4, -0.2) is 35.1 Å². The number of carboxylic acids is 1. The molecule has 0 aromatic carbocycles. The van der Waals surface area contributed by atoms with Crippen LogP contribution >= 0.6 is 0 Å². The molecule has 2 atom stereocenters. The van der Waals surface area contributed by atoms with Crippen LogP contribution in [0.5, 0.6) is 0 Å². The van der Waals surface area contributed by atoms with Crippen LogP contribution in [0.3, 0.4) is 0 Å². The maximum absolute atomic E-state index is 10.1. The molecule has 0 radical (unpaired) electrons. The largest absolute Gasteiger partial charge is 0.480 e. The van der Waals surface area contributed by atoms with Gasteiger partial charge in [0.1, 0.15) is 0 Å². The third-order valence-electron chi connectivity index (χ3n) is 1.26. The molecule has 0 spiro atoms. The predicted molar refractivity (Wildman–Crippen MR) is 33.2 cm³/mol. The van der Waals surface area contributed by atoms with Crippen LogP contribution in [0.15, 0.2) is 0 Å². The van der Waals surface area contributed by atoms with Crippen molar-refractivity contribution in [3.05, 3.63) is 0 Å². The number of hydrogen-bond donors (Lipinski definition) is 3. The van der Waals surface area contributed by atoms with E-state index in [1.54, 1.807) is 0 Å². The summed E-state index contributed by atoms with van der Waals surface area (Å²) >= 11 is 0. The summed E-state index contributed by atoms with van der Waals surface area (Å²) in [6.07, 6.45) is 0. The Morgan fingerprint density at radius 1 is 1.80 bits per heavy atom. The summed E-state index contributed by atoms with van der Waals surface area (Å²) in [5.74, 6) is -3.10. The highest BCUT2D eigenvalue weighted by Crippen LogP contribution is 2.07. The molecule has 0 rings (SSSR count). The summed E-state index contributed by atoms with van der Waals surface area (Å²) in [4.78, 5) is 10.1. The van der Waals surface area contributed by atoms with Gasteiger partial charge in [-0.2, -0.15) is 0 Å². The topological polar surface area (TPSA) is 92.8 Å². The lowest BCUT2D eigenvalue weighted by molar-refractivity contribution is -0.195. The minimum atomic E-state index is -1.80. The van der Waals surface area contributed by atoms with E-state index in [0.29, 0.717) is 0 Å². The zero-order chi connectivity index (χ0) is 8.36. The van der Waals surface area contributed by atoms with E-state index in [4.69, 9.17) is 15.9 Å². The van der Waals surface area contributed by atoms with Crippen molar-refractivity contribution in [2.24, 2.45) is 5.73 Å². The Balaban J connectivity index is 4.17. The van der Waals surface area contributed by atoms with E-state index < -0.39 is 17.8 Å². The molecule has 0 saturated heterocycles. The zero-order valence-corrected chi connectivity index (χ0v) is 5.87. The Labute approximate surface area is 58.4 Å². The Bertz CT molecular complexity index is 134. The van der Waals surface area contributed by atoms with Gasteiger partial charge in [0.25, 0.3) is 0 Å². The summed E-state index contributed by atoms with van der Waals surface area (Å²) < 4.78 is 4.41. The first-order valence-electron chi connectivity index (χ1n) is 2.67. The van der Waals surface area contributed by atoms with Crippen molar-refractivity contribution in [1.29, 1.82) is 0 Å². The van der Waals surface area contributed by atoms with Gasteiger partial charge >= 0.3 is 5.97 Å². The lowest BCUT2D eigenvalue weighted by atomic mass is 10.1. The van der Waals surface area contributed by atoms with Crippen molar-refractivity contribution in [2.75, 3.05) is 7.11 Å². The fourth-order valence-corrected chi connectivity index (χ4v) is 0.356. The standard InChI is InChI=1S/C5H11NO4/c1-5(9,10-2)3(6)4(7)8/h3,9H,6H2,1-2H3,(H,7,8)/t3-,5+/m1/s1. The predicted octanol–water partition coefficient (Wildman–Crippen LogP) is -1.25. The maximum Gasteiger partial charge on any atom is 0.326 e. The fraction of sp³-hybridized carbons (Fsp3) is 0.800. The first-order valence-corrected chi connectivity index (χ1v) is 2.67. The minimum Gasteiger partial charge on any atom is -0.480 e. The number of ether oxygens (including phenoxy) is 1. The van der Waals surface area contributed by atoms with Gasteiger partial charge in [0.15, 0.2) is 11.8 Å². The van der Waals surface area contributed by atoms with Gasteiger partial charge in [0.2, 0.25) is 0 Å². The highest BCUT2D eigenvalue weighted by atomic mass is 16.6. The summed E-state index contributed by atoms with van der Waals surface area (Å²) in [6.45, 7) is 1.19. The molecule has 4 N–H and O–H groups in total. The number of hydrogen-bond acceptors (Lipinski definition) is 4. The van der Waals surface area contributed by atoms with Gasteiger partial charge in [-0.25, -0.2) is 0 Å². The number of methoxy groups -OCH3 is 1. The zero-order valence-electron chi connectivity index (χ0n) is 5.87. The molecule has 60 valence electrons. The summed E-state index contributed by atoms with van der Waals surface area (Å²) in [5.41, 5.74) is 5.03. The average Bonchev–Trinajstić information content (AvgIpc) is 1.86. The van der Waals surface area contributed by atoms with Gasteiger partial charge in [0.05, 0.1) is 0 Å². The van der Waals surface area contributed by atoms with Crippen molar-refractivity contribution in [1.82, 2.24) is 0 Å². The van der Waals surface area contributed by atoms with Gasteiger partial charge in [-0.15, -0.1) is 0 Å². The summed E-state index contributed by atoms with van der Waals surface area (Å²) in [7, 11) is 1.18. The van der Waals surface area contributed by atoms with Gasteiger partial charge < -0.3 is 20.7 Å². The molecule has 0 heterocycles. The third kappa shape index (κ3) is 1.94. The number of aliphatic carboxylic acids is 1. The van der Waals surface area contributed by atoms with Crippen LogP contribution in [0, 0.1) is 0 Å². The SMILES string of the molecule is CO[C@](C)(O)[C@H](N)C(=O)O. The Hall–Kier alpha value is -0.650. The van der Waals surface area contributed by atoms with Crippen LogP contribution in [0.2, 0.25) is 0 Å². The maximum atomic E-state index is 10.1. The second kappa shape index (κ2) is 2.96. The molecule has 10 heavy (non-hydrogen) atoms. The summed E-state index contributed by atoms with van der Waals surface area (Å²) in [6, 6.07) is -1.42. The molecule has 0 aliphatic carbocycles. The Morgan fingerprint density at radius 3 is 2.30 bits per heavy atom. The molecule has 0 aromatic rings. The van der Waals surface area contributed by atoms with E-state index in [1.165, 1.54) is 14.0 Å². The molecular formula is C5H11NO4. The summed E-state index contributed by atoms with van der Waals surface area (Å²) in [5, 5.41) is 17.3. The highest BCUT2D eigenvalue weighted by Gasteiger charge is 2.34. The minimum absolute atomic E-state index is 1.18. The lowest BCUT2D eigenvalue weighted by Crippen LogP contribution is -2.52. The molecule has 0 unspecified atom stereocenters. The number of rotatable bonds is 3. The van der Waals surface area contributed by atoms with Crippen molar-refractivity contribution in [3.63, 3.8) is 0 Å². The van der Waals surface area contributed by atoms with Crippen molar-refractivity contribution in [3.8, 4) is 0 Å². The van der Waals surface area contributed by atoms with E-state index in [0.717, 1.165) is 0 Å². The molecule has 5 heteroatoms. The third-order valence-corrected chi connectivity index (χ3v) is 1.26. The molecule has 0 fully saturated rings. The van der Waals surface area contributed by atoms with Crippen LogP contribution in [-0.2, 0) is 9.53 Å². The van der Waals surface area contributed by atoms with Crippen molar-refractivity contribution >= 4 is 5.97 Å². The second-order valence-corrected chi connectivity index (χ2v) is 2.07. The van der Waals surface area contributed by atoms with E-state index >= 15 is 0 Å². The van der Waals surface area contributed by atoms with Gasteiger partial charge in [-0.1, -0.05) is 0 Å².